The van der Waals surface area contributed by atoms with Crippen molar-refractivity contribution in [1.82, 2.24) is 4.98 Å². The molecule has 1 aromatic heterocycles. The van der Waals surface area contributed by atoms with Gasteiger partial charge in [-0.15, -0.1) is 0 Å². The number of rotatable bonds is 3. The first-order valence-corrected chi connectivity index (χ1v) is 7.79. The lowest BCUT2D eigenvalue weighted by Crippen LogP contribution is -2.47. The fourth-order valence-electron chi connectivity index (χ4n) is 2.92. The summed E-state index contributed by atoms with van der Waals surface area (Å²) in [6.45, 7) is 5.14. The number of hydrogen-bond acceptors (Lipinski definition) is 5. The predicted octanol–water partition coefficient (Wildman–Crippen LogP) is 3.28. The van der Waals surface area contributed by atoms with Crippen molar-refractivity contribution in [2.24, 2.45) is 0 Å². The minimum Gasteiger partial charge on any atom is -0.367 e. The highest BCUT2D eigenvalue weighted by Crippen LogP contribution is 2.34. The van der Waals surface area contributed by atoms with Gasteiger partial charge in [0.25, 0.3) is 5.69 Å². The number of nitrogens with zero attached hydrogens (tertiary/aromatic N) is 4. The molecule has 1 aromatic carbocycles. The molecule has 2 aromatic rings. The van der Waals surface area contributed by atoms with E-state index in [0.29, 0.717) is 5.02 Å². The van der Waals surface area contributed by atoms with E-state index < -0.39 is 4.92 Å². The first kappa shape index (κ1) is 15.6. The van der Waals surface area contributed by atoms with Crippen LogP contribution < -0.4 is 9.80 Å². The lowest BCUT2D eigenvalue weighted by Gasteiger charge is -2.37. The molecular weight excluding hydrogens is 316 g/mol. The molecule has 0 radical (unpaired) electrons. The lowest BCUT2D eigenvalue weighted by molar-refractivity contribution is -0.384. The Morgan fingerprint density at radius 3 is 2.43 bits per heavy atom. The molecule has 2 heterocycles. The van der Waals surface area contributed by atoms with Crippen LogP contribution in [0.25, 0.3) is 0 Å². The Hall–Kier alpha value is -2.34. The Morgan fingerprint density at radius 2 is 1.87 bits per heavy atom. The van der Waals surface area contributed by atoms with E-state index in [1.54, 1.807) is 12.3 Å². The summed E-state index contributed by atoms with van der Waals surface area (Å²) in [6, 6.07) is 8.88. The van der Waals surface area contributed by atoms with Gasteiger partial charge in [0.2, 0.25) is 0 Å². The number of anilines is 2. The van der Waals surface area contributed by atoms with Crippen molar-refractivity contribution in [3.63, 3.8) is 0 Å². The third-order valence-electron chi connectivity index (χ3n) is 4.02. The molecule has 0 atom stereocenters. The maximum atomic E-state index is 10.9. The van der Waals surface area contributed by atoms with Crippen molar-refractivity contribution in [3.8, 4) is 0 Å². The van der Waals surface area contributed by atoms with Crippen LogP contribution in [0.15, 0.2) is 36.5 Å². The minimum atomic E-state index is -0.415. The fourth-order valence-corrected chi connectivity index (χ4v) is 3.30. The van der Waals surface area contributed by atoms with E-state index in [0.717, 1.165) is 43.2 Å². The van der Waals surface area contributed by atoms with E-state index in [-0.39, 0.29) is 5.69 Å². The van der Waals surface area contributed by atoms with Crippen LogP contribution in [0, 0.1) is 17.0 Å². The summed E-state index contributed by atoms with van der Waals surface area (Å²) in [5, 5.41) is 11.3. The molecule has 0 unspecified atom stereocenters. The van der Waals surface area contributed by atoms with Gasteiger partial charge >= 0.3 is 0 Å². The topological polar surface area (TPSA) is 62.5 Å². The number of aryl methyl sites for hydroxylation is 1. The Balaban J connectivity index is 1.76. The molecule has 0 saturated carbocycles. The second-order valence-electron chi connectivity index (χ2n) is 5.51. The molecule has 1 fully saturated rings. The zero-order chi connectivity index (χ0) is 16.4. The zero-order valence-corrected chi connectivity index (χ0v) is 13.5. The van der Waals surface area contributed by atoms with Gasteiger partial charge < -0.3 is 9.80 Å². The van der Waals surface area contributed by atoms with Crippen molar-refractivity contribution in [2.75, 3.05) is 36.0 Å². The summed E-state index contributed by atoms with van der Waals surface area (Å²) in [6.07, 6.45) is 1.79. The minimum absolute atomic E-state index is 0.0309. The van der Waals surface area contributed by atoms with Gasteiger partial charge in [-0.1, -0.05) is 17.7 Å². The molecule has 0 N–H and O–H groups in total. The predicted molar refractivity (Wildman–Crippen MR) is 91.5 cm³/mol. The SMILES string of the molecule is Cc1cc([N+](=O)[O-])cc(Cl)c1N1CCN(c2ccccn2)CC1. The third-order valence-corrected chi connectivity index (χ3v) is 4.31. The molecule has 7 heteroatoms. The highest BCUT2D eigenvalue weighted by atomic mass is 35.5. The van der Waals surface area contributed by atoms with Gasteiger partial charge in [-0.3, -0.25) is 10.1 Å². The van der Waals surface area contributed by atoms with Gasteiger partial charge in [-0.25, -0.2) is 4.98 Å². The van der Waals surface area contributed by atoms with E-state index in [1.165, 1.54) is 6.07 Å². The van der Waals surface area contributed by atoms with Gasteiger partial charge in [-0.2, -0.15) is 0 Å². The van der Waals surface area contributed by atoms with Gasteiger partial charge in [0.15, 0.2) is 0 Å². The number of aromatic nitrogens is 1. The molecule has 0 aliphatic carbocycles. The summed E-state index contributed by atoms with van der Waals surface area (Å²) in [4.78, 5) is 19.3. The van der Waals surface area contributed by atoms with Crippen LogP contribution in [0.1, 0.15) is 5.56 Å². The third kappa shape index (κ3) is 3.22. The molecule has 23 heavy (non-hydrogen) atoms. The highest BCUT2D eigenvalue weighted by Gasteiger charge is 2.23. The maximum Gasteiger partial charge on any atom is 0.271 e. The summed E-state index contributed by atoms with van der Waals surface area (Å²) in [5.41, 5.74) is 1.75. The van der Waals surface area contributed by atoms with E-state index >= 15 is 0 Å². The maximum absolute atomic E-state index is 10.9. The highest BCUT2D eigenvalue weighted by molar-refractivity contribution is 6.33. The van der Waals surface area contributed by atoms with Crippen molar-refractivity contribution >= 4 is 28.8 Å². The lowest BCUT2D eigenvalue weighted by atomic mass is 10.1. The molecule has 1 aliphatic heterocycles. The average Bonchev–Trinajstić information content (AvgIpc) is 2.55. The van der Waals surface area contributed by atoms with Gasteiger partial charge in [-0.05, 0) is 24.6 Å². The van der Waals surface area contributed by atoms with Gasteiger partial charge in [0.05, 0.1) is 15.6 Å². The van der Waals surface area contributed by atoms with Crippen LogP contribution in [-0.2, 0) is 0 Å². The quantitative estimate of drug-likeness (QED) is 0.637. The van der Waals surface area contributed by atoms with Crippen LogP contribution in [0.5, 0.6) is 0 Å². The smallest absolute Gasteiger partial charge is 0.271 e. The van der Waals surface area contributed by atoms with Gasteiger partial charge in [0, 0.05) is 44.5 Å². The van der Waals surface area contributed by atoms with Crippen molar-refractivity contribution in [3.05, 3.63) is 57.2 Å². The number of nitro groups is 1. The number of halogens is 1. The number of hydrogen-bond donors (Lipinski definition) is 0. The van der Waals surface area contributed by atoms with Crippen LogP contribution in [0.2, 0.25) is 5.02 Å². The molecule has 1 aliphatic rings. The first-order chi connectivity index (χ1) is 11.1. The summed E-state index contributed by atoms with van der Waals surface area (Å²) >= 11 is 6.29. The first-order valence-electron chi connectivity index (χ1n) is 7.42. The molecule has 120 valence electrons. The Morgan fingerprint density at radius 1 is 1.17 bits per heavy atom. The average molecular weight is 333 g/mol. The van der Waals surface area contributed by atoms with Crippen molar-refractivity contribution < 1.29 is 4.92 Å². The van der Waals surface area contributed by atoms with Crippen molar-refractivity contribution in [1.29, 1.82) is 0 Å². The van der Waals surface area contributed by atoms with Crippen LogP contribution in [-0.4, -0.2) is 36.1 Å². The number of piperazine rings is 1. The fraction of sp³-hybridized carbons (Fsp3) is 0.312. The van der Waals surface area contributed by atoms with Crippen LogP contribution >= 0.6 is 11.6 Å². The summed E-state index contributed by atoms with van der Waals surface area (Å²) in [7, 11) is 0. The van der Waals surface area contributed by atoms with E-state index in [1.807, 2.05) is 25.1 Å². The molecular formula is C16H17ClN4O2. The monoisotopic (exact) mass is 332 g/mol. The molecule has 3 rings (SSSR count). The van der Waals surface area contributed by atoms with E-state index in [9.17, 15) is 10.1 Å². The zero-order valence-electron chi connectivity index (χ0n) is 12.8. The second kappa shape index (κ2) is 6.42. The standard InChI is InChI=1S/C16H17ClN4O2/c1-12-10-13(21(22)23)11-14(17)16(12)20-8-6-19(7-9-20)15-4-2-3-5-18-15/h2-5,10-11H,6-9H2,1H3. The summed E-state index contributed by atoms with van der Waals surface area (Å²) < 4.78 is 0. The molecule has 6 nitrogen and oxygen atoms in total. The van der Waals surface area contributed by atoms with E-state index in [4.69, 9.17) is 11.6 Å². The largest absolute Gasteiger partial charge is 0.367 e. The second-order valence-corrected chi connectivity index (χ2v) is 5.92. The van der Waals surface area contributed by atoms with Crippen LogP contribution in [0.4, 0.5) is 17.2 Å². The molecule has 1 saturated heterocycles. The van der Waals surface area contributed by atoms with Gasteiger partial charge in [0.1, 0.15) is 5.82 Å². The number of benzene rings is 1. The molecule has 0 spiro atoms. The summed E-state index contributed by atoms with van der Waals surface area (Å²) in [5.74, 6) is 0.971. The number of non-ortho nitro benzene ring substituents is 1. The van der Waals surface area contributed by atoms with Crippen molar-refractivity contribution in [2.45, 2.75) is 6.92 Å². The number of pyridine rings is 1. The van der Waals surface area contributed by atoms with Crippen LogP contribution in [0.3, 0.4) is 0 Å². The Kier molecular flexibility index (Phi) is 4.34. The Labute approximate surface area is 139 Å². The molecule has 0 amide bonds. The van der Waals surface area contributed by atoms with E-state index in [2.05, 4.69) is 14.8 Å². The normalized spacial score (nSPS) is 14.9. The number of nitro benzene ring substituents is 1. The molecule has 0 bridgehead atoms. The Bertz CT molecular complexity index is 692.